The molecule has 0 radical (unpaired) electrons. The van der Waals surface area contributed by atoms with Gasteiger partial charge in [-0.2, -0.15) is 0 Å². The molecule has 0 bridgehead atoms. The lowest BCUT2D eigenvalue weighted by Gasteiger charge is -2.39. The van der Waals surface area contributed by atoms with Gasteiger partial charge in [0.2, 0.25) is 5.91 Å². The number of carbonyl (C=O) groups is 2. The summed E-state index contributed by atoms with van der Waals surface area (Å²) >= 11 is 0. The van der Waals surface area contributed by atoms with Gasteiger partial charge in [0, 0.05) is 48.7 Å². The minimum atomic E-state index is -0.529. The lowest BCUT2D eigenvalue weighted by molar-refractivity contribution is -0.133. The molecule has 1 N–H and O–H groups in total. The summed E-state index contributed by atoms with van der Waals surface area (Å²) in [4.78, 5) is 33.9. The van der Waals surface area contributed by atoms with Crippen LogP contribution in [-0.4, -0.2) is 58.1 Å². The number of hydrogen-bond acceptors (Lipinski definition) is 3. The van der Waals surface area contributed by atoms with Gasteiger partial charge in [-0.15, -0.1) is 0 Å². The predicted octanol–water partition coefficient (Wildman–Crippen LogP) is 7.16. The lowest BCUT2D eigenvalue weighted by atomic mass is 9.88. The molecule has 214 valence electrons. The van der Waals surface area contributed by atoms with Crippen LogP contribution in [0.4, 0.5) is 4.79 Å². The third-order valence-corrected chi connectivity index (χ3v) is 7.96. The highest BCUT2D eigenvalue weighted by Crippen LogP contribution is 2.30. The SMILES string of the molecule is CC(C)(C)OC(=O)N1CCC(N(CCC(c2ccccc2)c2ccccc2)C(=O)Cc2c[nH]c3ccccc23)CC1. The summed E-state index contributed by atoms with van der Waals surface area (Å²) in [5.41, 5.74) is 4.04. The number of rotatable bonds is 8. The van der Waals surface area contributed by atoms with E-state index in [4.69, 9.17) is 4.74 Å². The Kier molecular flexibility index (Phi) is 8.77. The Morgan fingerprint density at radius 1 is 0.902 bits per heavy atom. The number of aromatic nitrogens is 1. The van der Waals surface area contributed by atoms with Crippen molar-refractivity contribution >= 4 is 22.9 Å². The monoisotopic (exact) mass is 551 g/mol. The van der Waals surface area contributed by atoms with E-state index in [1.807, 2.05) is 57.3 Å². The fraction of sp³-hybridized carbons (Fsp3) is 0.371. The van der Waals surface area contributed by atoms with Crippen molar-refractivity contribution in [3.05, 3.63) is 108 Å². The van der Waals surface area contributed by atoms with Crippen LogP contribution >= 0.6 is 0 Å². The van der Waals surface area contributed by atoms with E-state index in [2.05, 4.69) is 64.5 Å². The van der Waals surface area contributed by atoms with Crippen LogP contribution < -0.4 is 0 Å². The molecule has 5 rings (SSSR count). The number of hydrogen-bond donors (Lipinski definition) is 1. The second-order valence-electron chi connectivity index (χ2n) is 12.0. The van der Waals surface area contributed by atoms with E-state index in [1.54, 1.807) is 4.90 Å². The van der Waals surface area contributed by atoms with E-state index in [9.17, 15) is 9.59 Å². The molecular formula is C35H41N3O3. The summed E-state index contributed by atoms with van der Waals surface area (Å²) in [5.74, 6) is 0.313. The van der Waals surface area contributed by atoms with Crippen LogP contribution in [-0.2, 0) is 16.0 Å². The number of H-pyrrole nitrogens is 1. The quantitative estimate of drug-likeness (QED) is 0.253. The molecule has 1 saturated heterocycles. The second-order valence-corrected chi connectivity index (χ2v) is 12.0. The molecule has 0 atom stereocenters. The fourth-order valence-electron chi connectivity index (χ4n) is 5.90. The molecule has 6 nitrogen and oxygen atoms in total. The molecule has 6 heteroatoms. The van der Waals surface area contributed by atoms with Gasteiger partial charge in [0.05, 0.1) is 6.42 Å². The Morgan fingerprint density at radius 2 is 1.49 bits per heavy atom. The zero-order valence-electron chi connectivity index (χ0n) is 24.4. The number of ether oxygens (including phenoxy) is 1. The Morgan fingerprint density at radius 3 is 2.10 bits per heavy atom. The van der Waals surface area contributed by atoms with Crippen molar-refractivity contribution in [3.63, 3.8) is 0 Å². The van der Waals surface area contributed by atoms with Gasteiger partial charge in [0.15, 0.2) is 0 Å². The molecule has 4 aromatic rings. The number of nitrogens with zero attached hydrogens (tertiary/aromatic N) is 2. The van der Waals surface area contributed by atoms with Crippen LogP contribution in [0.5, 0.6) is 0 Å². The third kappa shape index (κ3) is 7.18. The van der Waals surface area contributed by atoms with Gasteiger partial charge >= 0.3 is 6.09 Å². The van der Waals surface area contributed by atoms with E-state index in [-0.39, 0.29) is 24.0 Å². The molecule has 1 aliphatic rings. The molecule has 1 aromatic heterocycles. The number of aromatic amines is 1. The molecule has 2 heterocycles. The number of carbonyl (C=O) groups excluding carboxylic acids is 2. The van der Waals surface area contributed by atoms with Crippen molar-refractivity contribution in [1.29, 1.82) is 0 Å². The third-order valence-electron chi connectivity index (χ3n) is 7.96. The van der Waals surface area contributed by atoms with Gasteiger partial charge in [-0.1, -0.05) is 78.9 Å². The first-order valence-corrected chi connectivity index (χ1v) is 14.7. The first-order chi connectivity index (χ1) is 19.8. The summed E-state index contributed by atoms with van der Waals surface area (Å²) in [6.07, 6.45) is 4.32. The Bertz CT molecular complexity index is 1390. The zero-order valence-corrected chi connectivity index (χ0v) is 24.4. The predicted molar refractivity (Wildman–Crippen MR) is 164 cm³/mol. The summed E-state index contributed by atoms with van der Waals surface area (Å²) in [6.45, 7) is 7.47. The Labute approximate surface area is 243 Å². The molecule has 1 fully saturated rings. The first-order valence-electron chi connectivity index (χ1n) is 14.7. The molecule has 0 saturated carbocycles. The van der Waals surface area contributed by atoms with Crippen molar-refractivity contribution in [2.75, 3.05) is 19.6 Å². The van der Waals surface area contributed by atoms with Gasteiger partial charge < -0.3 is 19.5 Å². The summed E-state index contributed by atoms with van der Waals surface area (Å²) in [6, 6.07) is 29.3. The van der Waals surface area contributed by atoms with Crippen LogP contribution in [0.3, 0.4) is 0 Å². The Hall–Kier alpha value is -4.06. The number of para-hydroxylation sites is 1. The summed E-state index contributed by atoms with van der Waals surface area (Å²) in [7, 11) is 0. The van der Waals surface area contributed by atoms with Gasteiger partial charge in [-0.05, 0) is 62.8 Å². The maximum atomic E-state index is 14.0. The first kappa shape index (κ1) is 28.5. The highest BCUT2D eigenvalue weighted by Gasteiger charge is 2.32. The van der Waals surface area contributed by atoms with Crippen molar-refractivity contribution in [1.82, 2.24) is 14.8 Å². The highest BCUT2D eigenvalue weighted by molar-refractivity contribution is 5.89. The largest absolute Gasteiger partial charge is 0.444 e. The van der Waals surface area contributed by atoms with Gasteiger partial charge in [-0.3, -0.25) is 4.79 Å². The molecule has 0 aliphatic carbocycles. The van der Waals surface area contributed by atoms with E-state index in [1.165, 1.54) is 11.1 Å². The zero-order chi connectivity index (χ0) is 28.8. The van der Waals surface area contributed by atoms with E-state index in [0.29, 0.717) is 26.1 Å². The van der Waals surface area contributed by atoms with Crippen LogP contribution in [0, 0.1) is 0 Å². The van der Waals surface area contributed by atoms with Crippen molar-refractivity contribution in [2.24, 2.45) is 0 Å². The van der Waals surface area contributed by atoms with Crippen LogP contribution in [0.15, 0.2) is 91.1 Å². The number of nitrogens with one attached hydrogen (secondary N) is 1. The van der Waals surface area contributed by atoms with Gasteiger partial charge in [0.1, 0.15) is 5.60 Å². The van der Waals surface area contributed by atoms with Gasteiger partial charge in [-0.25, -0.2) is 4.79 Å². The Balaban J connectivity index is 1.36. The maximum Gasteiger partial charge on any atom is 0.410 e. The summed E-state index contributed by atoms with van der Waals surface area (Å²) in [5, 5.41) is 1.09. The van der Waals surface area contributed by atoms with Crippen LogP contribution in [0.25, 0.3) is 10.9 Å². The lowest BCUT2D eigenvalue weighted by Crippen LogP contribution is -2.50. The van der Waals surface area contributed by atoms with E-state index in [0.717, 1.165) is 35.7 Å². The van der Waals surface area contributed by atoms with Crippen LogP contribution in [0.2, 0.25) is 0 Å². The smallest absolute Gasteiger partial charge is 0.410 e. The number of benzene rings is 3. The number of piperidine rings is 1. The van der Waals surface area contributed by atoms with E-state index < -0.39 is 5.60 Å². The molecule has 1 aliphatic heterocycles. The fourth-order valence-corrected chi connectivity index (χ4v) is 5.90. The minimum Gasteiger partial charge on any atom is -0.444 e. The van der Waals surface area contributed by atoms with Crippen molar-refractivity contribution in [3.8, 4) is 0 Å². The molecule has 41 heavy (non-hydrogen) atoms. The second kappa shape index (κ2) is 12.6. The minimum absolute atomic E-state index is 0.0681. The van der Waals surface area contributed by atoms with Crippen LogP contribution in [0.1, 0.15) is 62.6 Å². The average Bonchev–Trinajstić information content (AvgIpc) is 3.38. The summed E-state index contributed by atoms with van der Waals surface area (Å²) < 4.78 is 5.61. The number of likely N-dealkylation sites (tertiary alicyclic amines) is 1. The normalized spacial score (nSPS) is 14.4. The van der Waals surface area contributed by atoms with Crippen molar-refractivity contribution in [2.45, 2.75) is 64.0 Å². The average molecular weight is 552 g/mol. The molecule has 0 spiro atoms. The molecular weight excluding hydrogens is 510 g/mol. The molecule has 0 unspecified atom stereocenters. The molecule has 3 aromatic carbocycles. The van der Waals surface area contributed by atoms with Gasteiger partial charge in [0.25, 0.3) is 0 Å². The number of fused-ring (bicyclic) bond motifs is 1. The number of amides is 2. The highest BCUT2D eigenvalue weighted by atomic mass is 16.6. The molecule has 2 amide bonds. The standard InChI is InChI=1S/C35H41N3O3/c1-35(2,3)41-34(40)37-21-18-29(19-22-37)38(33(39)24-28-25-36-32-17-11-10-16-31(28)32)23-20-30(26-12-6-4-7-13-26)27-14-8-5-9-15-27/h4-17,25,29-30,36H,18-24H2,1-3H3. The van der Waals surface area contributed by atoms with E-state index >= 15 is 0 Å². The maximum absolute atomic E-state index is 14.0. The topological polar surface area (TPSA) is 65.6 Å². The van der Waals surface area contributed by atoms with Crippen molar-refractivity contribution < 1.29 is 14.3 Å².